The minimum Gasteiger partial charge on any atom is -0.390 e. The van der Waals surface area contributed by atoms with Gasteiger partial charge in [0.1, 0.15) is 6.61 Å². The van der Waals surface area contributed by atoms with E-state index in [1.165, 1.54) is 13.5 Å². The molecule has 14 heavy (non-hydrogen) atoms. The molecular weight excluding hydrogens is 180 g/mol. The van der Waals surface area contributed by atoms with Gasteiger partial charge in [0, 0.05) is 13.5 Å². The van der Waals surface area contributed by atoms with Crippen molar-refractivity contribution in [2.45, 2.75) is 50.5 Å². The maximum atomic E-state index is 11.2. The summed E-state index contributed by atoms with van der Waals surface area (Å²) in [6.07, 6.45) is 6.17. The molecule has 0 aromatic carbocycles. The van der Waals surface area contributed by atoms with Crippen molar-refractivity contribution < 1.29 is 14.6 Å². The first-order valence-corrected chi connectivity index (χ1v) is 5.39. The normalized spacial score (nSPS) is 20.7. The van der Waals surface area contributed by atoms with Crippen LogP contribution in [0.2, 0.25) is 0 Å². The molecule has 0 aromatic heterocycles. The third-order valence-electron chi connectivity index (χ3n) is 2.96. The molecule has 3 nitrogen and oxygen atoms in total. The fourth-order valence-electron chi connectivity index (χ4n) is 2.07. The summed E-state index contributed by atoms with van der Waals surface area (Å²) in [7, 11) is 1.52. The summed E-state index contributed by atoms with van der Waals surface area (Å²) in [5.74, 6) is 0.0894. The summed E-state index contributed by atoms with van der Waals surface area (Å²) >= 11 is 0. The molecule has 1 aliphatic carbocycles. The van der Waals surface area contributed by atoms with E-state index in [0.717, 1.165) is 25.7 Å². The lowest BCUT2D eigenvalue weighted by molar-refractivity contribution is -0.124. The molecule has 0 bridgehead atoms. The molecule has 0 unspecified atom stereocenters. The number of Topliss-reactive ketones (excluding diaryl/α,β-unsaturated/α-hetero) is 1. The summed E-state index contributed by atoms with van der Waals surface area (Å²) in [5.41, 5.74) is -0.568. The van der Waals surface area contributed by atoms with Crippen molar-refractivity contribution >= 4 is 5.78 Å². The highest BCUT2D eigenvalue weighted by Gasteiger charge is 2.29. The highest BCUT2D eigenvalue weighted by molar-refractivity contribution is 5.79. The quantitative estimate of drug-likeness (QED) is 0.734. The molecule has 3 heteroatoms. The van der Waals surface area contributed by atoms with Crippen LogP contribution in [0.15, 0.2) is 0 Å². The lowest BCUT2D eigenvalue weighted by atomic mass is 9.81. The van der Waals surface area contributed by atoms with E-state index < -0.39 is 5.60 Å². The molecule has 0 aliphatic heterocycles. The number of methoxy groups -OCH3 is 1. The molecule has 1 aliphatic rings. The molecule has 0 radical (unpaired) electrons. The highest BCUT2D eigenvalue weighted by Crippen LogP contribution is 2.31. The summed E-state index contributed by atoms with van der Waals surface area (Å²) in [6.45, 7) is 0.177. The van der Waals surface area contributed by atoms with E-state index in [0.29, 0.717) is 12.8 Å². The second kappa shape index (κ2) is 5.47. The average Bonchev–Trinajstić information content (AvgIpc) is 2.17. The fourth-order valence-corrected chi connectivity index (χ4v) is 2.07. The van der Waals surface area contributed by atoms with E-state index in [1.807, 2.05) is 0 Å². The maximum absolute atomic E-state index is 11.2. The third-order valence-corrected chi connectivity index (χ3v) is 2.96. The minimum absolute atomic E-state index is 0.0894. The zero-order valence-corrected chi connectivity index (χ0v) is 8.92. The molecule has 0 aromatic rings. The Balaban J connectivity index is 2.24. The van der Waals surface area contributed by atoms with Crippen LogP contribution >= 0.6 is 0 Å². The number of carbonyl (C=O) groups is 1. The van der Waals surface area contributed by atoms with Crippen molar-refractivity contribution in [3.8, 4) is 0 Å². The Morgan fingerprint density at radius 1 is 1.36 bits per heavy atom. The SMILES string of the molecule is COCC(=O)CCC1(O)CCCCC1. The van der Waals surface area contributed by atoms with Crippen LogP contribution in [-0.4, -0.2) is 30.2 Å². The van der Waals surface area contributed by atoms with Crippen LogP contribution in [0.5, 0.6) is 0 Å². The van der Waals surface area contributed by atoms with Gasteiger partial charge in [-0.05, 0) is 19.3 Å². The van der Waals surface area contributed by atoms with E-state index in [2.05, 4.69) is 0 Å². The first-order chi connectivity index (χ1) is 6.66. The molecule has 0 atom stereocenters. The molecular formula is C11H20O3. The van der Waals surface area contributed by atoms with E-state index >= 15 is 0 Å². The van der Waals surface area contributed by atoms with Gasteiger partial charge in [0.2, 0.25) is 0 Å². The number of ketones is 1. The summed E-state index contributed by atoms with van der Waals surface area (Å²) in [6, 6.07) is 0. The minimum atomic E-state index is -0.568. The summed E-state index contributed by atoms with van der Waals surface area (Å²) < 4.78 is 4.75. The molecule has 0 heterocycles. The standard InChI is InChI=1S/C11H20O3/c1-14-9-10(12)5-8-11(13)6-3-2-4-7-11/h13H,2-9H2,1H3. The number of carbonyl (C=O) groups excluding carboxylic acids is 1. The number of aliphatic hydroxyl groups is 1. The van der Waals surface area contributed by atoms with E-state index in [9.17, 15) is 9.90 Å². The van der Waals surface area contributed by atoms with Gasteiger partial charge in [0.15, 0.2) is 5.78 Å². The molecule has 1 fully saturated rings. The second-order valence-electron chi connectivity index (χ2n) is 4.26. The Kier molecular flexibility index (Phi) is 4.55. The van der Waals surface area contributed by atoms with Gasteiger partial charge in [-0.3, -0.25) is 4.79 Å². The van der Waals surface area contributed by atoms with Crippen molar-refractivity contribution in [3.05, 3.63) is 0 Å². The van der Waals surface area contributed by atoms with Gasteiger partial charge < -0.3 is 9.84 Å². The number of hydrogen-bond donors (Lipinski definition) is 1. The van der Waals surface area contributed by atoms with Crippen LogP contribution in [0.1, 0.15) is 44.9 Å². The van der Waals surface area contributed by atoms with Crippen LogP contribution in [0.3, 0.4) is 0 Å². The molecule has 82 valence electrons. The summed E-state index contributed by atoms with van der Waals surface area (Å²) in [5, 5.41) is 10.1. The average molecular weight is 200 g/mol. The Labute approximate surface area is 85.5 Å². The van der Waals surface area contributed by atoms with E-state index in [1.54, 1.807) is 0 Å². The first kappa shape index (κ1) is 11.7. The van der Waals surface area contributed by atoms with Crippen molar-refractivity contribution in [2.75, 3.05) is 13.7 Å². The van der Waals surface area contributed by atoms with Crippen molar-refractivity contribution in [3.63, 3.8) is 0 Å². The maximum Gasteiger partial charge on any atom is 0.158 e. The van der Waals surface area contributed by atoms with Crippen LogP contribution < -0.4 is 0 Å². The van der Waals surface area contributed by atoms with Gasteiger partial charge in [-0.25, -0.2) is 0 Å². The van der Waals surface area contributed by atoms with E-state index in [4.69, 9.17) is 4.74 Å². The lowest BCUT2D eigenvalue weighted by Crippen LogP contribution is -2.32. The predicted molar refractivity (Wildman–Crippen MR) is 54.2 cm³/mol. The van der Waals surface area contributed by atoms with Gasteiger partial charge >= 0.3 is 0 Å². The molecule has 0 spiro atoms. The van der Waals surface area contributed by atoms with E-state index in [-0.39, 0.29) is 12.4 Å². The van der Waals surface area contributed by atoms with Crippen LogP contribution in [0.25, 0.3) is 0 Å². The Hall–Kier alpha value is -0.410. The predicted octanol–water partition coefficient (Wildman–Crippen LogP) is 1.68. The van der Waals surface area contributed by atoms with Gasteiger partial charge in [-0.1, -0.05) is 19.3 Å². The monoisotopic (exact) mass is 200 g/mol. The number of rotatable bonds is 5. The van der Waals surface area contributed by atoms with Crippen molar-refractivity contribution in [1.29, 1.82) is 0 Å². The molecule has 0 amide bonds. The third kappa shape index (κ3) is 3.76. The van der Waals surface area contributed by atoms with Crippen molar-refractivity contribution in [2.24, 2.45) is 0 Å². The molecule has 1 saturated carbocycles. The number of ether oxygens (including phenoxy) is 1. The van der Waals surface area contributed by atoms with Crippen LogP contribution in [0, 0.1) is 0 Å². The largest absolute Gasteiger partial charge is 0.390 e. The highest BCUT2D eigenvalue weighted by atomic mass is 16.5. The molecule has 1 rings (SSSR count). The molecule has 0 saturated heterocycles. The molecule has 1 N–H and O–H groups in total. The van der Waals surface area contributed by atoms with Gasteiger partial charge in [0.05, 0.1) is 5.60 Å². The van der Waals surface area contributed by atoms with Crippen molar-refractivity contribution in [1.82, 2.24) is 0 Å². The summed E-state index contributed by atoms with van der Waals surface area (Å²) in [4.78, 5) is 11.2. The van der Waals surface area contributed by atoms with Crippen LogP contribution in [-0.2, 0) is 9.53 Å². The zero-order valence-electron chi connectivity index (χ0n) is 8.92. The second-order valence-corrected chi connectivity index (χ2v) is 4.26. The van der Waals surface area contributed by atoms with Gasteiger partial charge in [0.25, 0.3) is 0 Å². The number of hydrogen-bond acceptors (Lipinski definition) is 3. The van der Waals surface area contributed by atoms with Gasteiger partial charge in [-0.15, -0.1) is 0 Å². The first-order valence-electron chi connectivity index (χ1n) is 5.39. The Bertz CT molecular complexity index is 183. The zero-order chi connectivity index (χ0) is 10.4. The topological polar surface area (TPSA) is 46.5 Å². The fraction of sp³-hybridized carbons (Fsp3) is 0.909. The Morgan fingerprint density at radius 2 is 2.00 bits per heavy atom. The Morgan fingerprint density at radius 3 is 2.57 bits per heavy atom. The van der Waals surface area contributed by atoms with Gasteiger partial charge in [-0.2, -0.15) is 0 Å². The van der Waals surface area contributed by atoms with Crippen LogP contribution in [0.4, 0.5) is 0 Å². The smallest absolute Gasteiger partial charge is 0.158 e. The lowest BCUT2D eigenvalue weighted by Gasteiger charge is -2.31.